The summed E-state index contributed by atoms with van der Waals surface area (Å²) in [5, 5.41) is 15.2. The lowest BCUT2D eigenvalue weighted by atomic mass is 9.81. The number of halogens is 1. The van der Waals surface area contributed by atoms with E-state index in [2.05, 4.69) is 27.8 Å². The lowest BCUT2D eigenvalue weighted by Crippen LogP contribution is -2.39. The zero-order valence-electron chi connectivity index (χ0n) is 18.0. The number of rotatable bonds is 10. The third kappa shape index (κ3) is 9.07. The van der Waals surface area contributed by atoms with Crippen LogP contribution in [-0.4, -0.2) is 47.0 Å². The van der Waals surface area contributed by atoms with Gasteiger partial charge in [-0.2, -0.15) is 0 Å². The van der Waals surface area contributed by atoms with Crippen LogP contribution in [0.4, 0.5) is 0 Å². The van der Waals surface area contributed by atoms with E-state index in [1.54, 1.807) is 0 Å². The van der Waals surface area contributed by atoms with Crippen molar-refractivity contribution in [3.05, 3.63) is 11.6 Å². The molecule has 1 saturated carbocycles. The Labute approximate surface area is 187 Å². The van der Waals surface area contributed by atoms with Gasteiger partial charge in [-0.25, -0.2) is 4.99 Å². The molecule has 7 nitrogen and oxygen atoms in total. The molecule has 0 amide bonds. The van der Waals surface area contributed by atoms with Crippen molar-refractivity contribution in [3.8, 4) is 0 Å². The number of aryl methyl sites for hydroxylation is 1. The molecule has 0 spiro atoms. The Bertz CT molecular complexity index is 577. The van der Waals surface area contributed by atoms with Crippen LogP contribution in [0, 0.1) is 18.8 Å². The summed E-state index contributed by atoms with van der Waals surface area (Å²) < 4.78 is 7.40. The second kappa shape index (κ2) is 14.1. The van der Waals surface area contributed by atoms with Crippen LogP contribution in [0.3, 0.4) is 0 Å². The highest BCUT2D eigenvalue weighted by Crippen LogP contribution is 2.30. The maximum absolute atomic E-state index is 5.41. The Kier molecular flexibility index (Phi) is 12.7. The molecule has 0 saturated heterocycles. The predicted octanol–water partition coefficient (Wildman–Crippen LogP) is 3.42. The van der Waals surface area contributed by atoms with Crippen molar-refractivity contribution in [3.63, 3.8) is 0 Å². The number of hydrogen-bond donors (Lipinski definition) is 2. The van der Waals surface area contributed by atoms with Crippen LogP contribution >= 0.6 is 24.0 Å². The van der Waals surface area contributed by atoms with E-state index in [1.165, 1.54) is 32.1 Å². The third-order valence-electron chi connectivity index (χ3n) is 5.41. The van der Waals surface area contributed by atoms with Crippen LogP contribution in [0.5, 0.6) is 0 Å². The number of nitrogens with one attached hydrogen (secondary N) is 2. The van der Waals surface area contributed by atoms with Crippen LogP contribution < -0.4 is 10.6 Å². The molecule has 1 aliphatic rings. The summed E-state index contributed by atoms with van der Waals surface area (Å²) in [6, 6.07) is 0. The first kappa shape index (κ1) is 25.1. The lowest BCUT2D eigenvalue weighted by molar-refractivity contribution is 0.145. The topological polar surface area (TPSA) is 76.4 Å². The van der Waals surface area contributed by atoms with E-state index in [0.717, 1.165) is 62.2 Å². The largest absolute Gasteiger partial charge is 0.382 e. The number of aliphatic imine (C=N–C) groups is 1. The van der Waals surface area contributed by atoms with Gasteiger partial charge in [0.2, 0.25) is 0 Å². The van der Waals surface area contributed by atoms with Crippen LogP contribution in [0.15, 0.2) is 4.99 Å². The molecule has 2 N–H and O–H groups in total. The molecule has 2 unspecified atom stereocenters. The molecule has 2 atom stereocenters. The molecule has 0 aliphatic heterocycles. The van der Waals surface area contributed by atoms with Gasteiger partial charge in [-0.3, -0.25) is 0 Å². The van der Waals surface area contributed by atoms with E-state index in [1.807, 2.05) is 25.5 Å². The average Bonchev–Trinajstić information content (AvgIpc) is 2.97. The second-order valence-corrected chi connectivity index (χ2v) is 7.72. The van der Waals surface area contributed by atoms with Crippen molar-refractivity contribution in [2.45, 2.75) is 65.8 Å². The van der Waals surface area contributed by atoms with E-state index in [4.69, 9.17) is 9.73 Å². The SMILES string of the molecule is CCOCCCNC(=NCc1nnc(C)n1C)NCCC1CCCC(C)C1.I. The van der Waals surface area contributed by atoms with Crippen LogP contribution in [-0.2, 0) is 18.3 Å². The Morgan fingerprint density at radius 3 is 2.71 bits per heavy atom. The fraction of sp³-hybridized carbons (Fsp3) is 0.850. The molecule has 8 heteroatoms. The number of hydrogen-bond acceptors (Lipinski definition) is 4. The first-order valence-electron chi connectivity index (χ1n) is 10.5. The van der Waals surface area contributed by atoms with E-state index >= 15 is 0 Å². The van der Waals surface area contributed by atoms with Crippen molar-refractivity contribution < 1.29 is 4.74 Å². The zero-order valence-corrected chi connectivity index (χ0v) is 20.4. The maximum Gasteiger partial charge on any atom is 0.191 e. The fourth-order valence-corrected chi connectivity index (χ4v) is 3.65. The van der Waals surface area contributed by atoms with Crippen molar-refractivity contribution in [2.24, 2.45) is 23.9 Å². The number of nitrogens with zero attached hydrogens (tertiary/aromatic N) is 4. The van der Waals surface area contributed by atoms with Crippen molar-refractivity contribution >= 4 is 29.9 Å². The molecular formula is C20H39IN6O. The van der Waals surface area contributed by atoms with Gasteiger partial charge in [0.1, 0.15) is 12.4 Å². The summed E-state index contributed by atoms with van der Waals surface area (Å²) in [5.41, 5.74) is 0. The fourth-order valence-electron chi connectivity index (χ4n) is 3.65. The van der Waals surface area contributed by atoms with Gasteiger partial charge in [0.25, 0.3) is 0 Å². The van der Waals surface area contributed by atoms with Crippen LogP contribution in [0.25, 0.3) is 0 Å². The minimum atomic E-state index is 0. The Morgan fingerprint density at radius 1 is 1.25 bits per heavy atom. The second-order valence-electron chi connectivity index (χ2n) is 7.72. The minimum Gasteiger partial charge on any atom is -0.382 e. The Balaban J connectivity index is 0.00000392. The summed E-state index contributed by atoms with van der Waals surface area (Å²) in [5.74, 6) is 4.38. The monoisotopic (exact) mass is 506 g/mol. The van der Waals surface area contributed by atoms with Gasteiger partial charge in [0.15, 0.2) is 11.8 Å². The summed E-state index contributed by atoms with van der Waals surface area (Å²) >= 11 is 0. The summed E-state index contributed by atoms with van der Waals surface area (Å²) in [6.07, 6.45) is 7.71. The molecule has 0 aromatic carbocycles. The summed E-state index contributed by atoms with van der Waals surface area (Å²) in [6.45, 7) is 10.3. The molecule has 28 heavy (non-hydrogen) atoms. The Morgan fingerprint density at radius 2 is 2.04 bits per heavy atom. The van der Waals surface area contributed by atoms with Gasteiger partial charge in [0.05, 0.1) is 0 Å². The molecule has 1 aromatic rings. The van der Waals surface area contributed by atoms with E-state index in [9.17, 15) is 0 Å². The molecule has 1 aliphatic carbocycles. The minimum absolute atomic E-state index is 0. The number of ether oxygens (including phenoxy) is 1. The van der Waals surface area contributed by atoms with Gasteiger partial charge < -0.3 is 19.9 Å². The Hall–Kier alpha value is -0.900. The predicted molar refractivity (Wildman–Crippen MR) is 125 cm³/mol. The van der Waals surface area contributed by atoms with Crippen LogP contribution in [0.1, 0.15) is 64.0 Å². The normalized spacial score (nSPS) is 19.9. The number of guanidine groups is 1. The molecule has 0 radical (unpaired) electrons. The molecule has 162 valence electrons. The molecule has 1 fully saturated rings. The molecule has 0 bridgehead atoms. The van der Waals surface area contributed by atoms with Crippen LogP contribution in [0.2, 0.25) is 0 Å². The maximum atomic E-state index is 5.41. The third-order valence-corrected chi connectivity index (χ3v) is 5.41. The van der Waals surface area contributed by atoms with E-state index in [0.29, 0.717) is 6.54 Å². The molecule has 1 heterocycles. The zero-order chi connectivity index (χ0) is 19.5. The van der Waals surface area contributed by atoms with E-state index in [-0.39, 0.29) is 24.0 Å². The standard InChI is InChI=1S/C20H38N6O.HI/c1-5-27-13-7-11-21-20(23-15-19-25-24-17(3)26(19)4)22-12-10-18-9-6-8-16(2)14-18;/h16,18H,5-15H2,1-4H3,(H2,21,22,23);1H. The van der Waals surface area contributed by atoms with Crippen molar-refractivity contribution in [2.75, 3.05) is 26.3 Å². The van der Waals surface area contributed by atoms with Gasteiger partial charge in [-0.05, 0) is 44.9 Å². The molecule has 1 aromatic heterocycles. The first-order valence-corrected chi connectivity index (χ1v) is 10.5. The lowest BCUT2D eigenvalue weighted by Gasteiger charge is -2.26. The first-order chi connectivity index (χ1) is 13.1. The van der Waals surface area contributed by atoms with E-state index < -0.39 is 0 Å². The summed E-state index contributed by atoms with van der Waals surface area (Å²) in [7, 11) is 1.98. The molecule has 2 rings (SSSR count). The van der Waals surface area contributed by atoms with Gasteiger partial charge in [-0.1, -0.05) is 26.2 Å². The van der Waals surface area contributed by atoms with Crippen molar-refractivity contribution in [1.82, 2.24) is 25.4 Å². The molecular weight excluding hydrogens is 467 g/mol. The van der Waals surface area contributed by atoms with Gasteiger partial charge in [0, 0.05) is 33.4 Å². The highest BCUT2D eigenvalue weighted by atomic mass is 127. The average molecular weight is 506 g/mol. The highest BCUT2D eigenvalue weighted by Gasteiger charge is 2.18. The number of aromatic nitrogens is 3. The summed E-state index contributed by atoms with van der Waals surface area (Å²) in [4.78, 5) is 4.71. The van der Waals surface area contributed by atoms with Gasteiger partial charge in [-0.15, -0.1) is 34.2 Å². The smallest absolute Gasteiger partial charge is 0.191 e. The quantitative estimate of drug-likeness (QED) is 0.220. The van der Waals surface area contributed by atoms with Gasteiger partial charge >= 0.3 is 0 Å². The van der Waals surface area contributed by atoms with Crippen molar-refractivity contribution in [1.29, 1.82) is 0 Å². The highest BCUT2D eigenvalue weighted by molar-refractivity contribution is 14.0.